The average molecular weight is 589 g/mol. The third kappa shape index (κ3) is 4.76. The van der Waals surface area contributed by atoms with Crippen molar-refractivity contribution in [1.82, 2.24) is 5.01 Å². The van der Waals surface area contributed by atoms with Gasteiger partial charge in [-0.2, -0.15) is 5.26 Å². The third-order valence-electron chi connectivity index (χ3n) is 6.89. The normalized spacial score (nSPS) is 21.3. The van der Waals surface area contributed by atoms with E-state index in [4.69, 9.17) is 9.47 Å². The van der Waals surface area contributed by atoms with Crippen LogP contribution >= 0.6 is 15.9 Å². The van der Waals surface area contributed by atoms with E-state index in [1.165, 1.54) is 19.1 Å². The Balaban J connectivity index is 1.57. The summed E-state index contributed by atoms with van der Waals surface area (Å²) in [7, 11) is 3.03. The van der Waals surface area contributed by atoms with Gasteiger partial charge in [0.05, 0.1) is 48.0 Å². The molecule has 0 radical (unpaired) electrons. The number of carbonyl (C=O) groups excluding carboxylic acids is 2. The predicted octanol–water partition coefficient (Wildman–Crippen LogP) is 4.20. The van der Waals surface area contributed by atoms with E-state index in [1.54, 1.807) is 77.8 Å². The number of hydrogen-bond acceptors (Lipinski definition) is 8. The molecule has 2 amide bonds. The van der Waals surface area contributed by atoms with Gasteiger partial charge in [0.2, 0.25) is 5.91 Å². The van der Waals surface area contributed by atoms with E-state index >= 15 is 0 Å². The first-order valence-corrected chi connectivity index (χ1v) is 12.9. The number of hydrazine groups is 1. The lowest BCUT2D eigenvalue weighted by Gasteiger charge is -2.41. The quantitative estimate of drug-likeness (QED) is 0.312. The minimum Gasteiger partial charge on any atom is -0.496 e. The van der Waals surface area contributed by atoms with Crippen molar-refractivity contribution in [3.05, 3.63) is 94.5 Å². The molecule has 2 aliphatic heterocycles. The number of nitrogens with one attached hydrogen (secondary N) is 1. The van der Waals surface area contributed by atoms with Crippen molar-refractivity contribution < 1.29 is 24.2 Å². The van der Waals surface area contributed by atoms with Gasteiger partial charge in [0.15, 0.2) is 0 Å². The summed E-state index contributed by atoms with van der Waals surface area (Å²) in [6, 6.07) is 19.2. The lowest BCUT2D eigenvalue weighted by atomic mass is 9.90. The summed E-state index contributed by atoms with van der Waals surface area (Å²) < 4.78 is 11.5. The van der Waals surface area contributed by atoms with Crippen LogP contribution in [0, 0.1) is 17.2 Å². The Morgan fingerprint density at radius 3 is 2.31 bits per heavy atom. The molecule has 0 aliphatic carbocycles. The Bertz CT molecular complexity index is 1470. The number of nitriles is 1. The molecular weight excluding hydrogens is 564 g/mol. The van der Waals surface area contributed by atoms with Crippen molar-refractivity contribution in [2.75, 3.05) is 24.5 Å². The fourth-order valence-corrected chi connectivity index (χ4v) is 5.49. The number of rotatable bonds is 7. The molecule has 2 heterocycles. The van der Waals surface area contributed by atoms with Crippen LogP contribution in [0.25, 0.3) is 0 Å². The molecule has 4 atom stereocenters. The largest absolute Gasteiger partial charge is 0.496 e. The number of fused-ring (bicyclic) bond motifs is 1. The van der Waals surface area contributed by atoms with Crippen LogP contribution in [0.2, 0.25) is 0 Å². The molecule has 10 heteroatoms. The van der Waals surface area contributed by atoms with Gasteiger partial charge in [-0.15, -0.1) is 0 Å². The van der Waals surface area contributed by atoms with Gasteiger partial charge in [-0.1, -0.05) is 30.4 Å². The van der Waals surface area contributed by atoms with Gasteiger partial charge >= 0.3 is 0 Å². The topological polar surface area (TPSA) is 115 Å². The molecule has 3 aromatic carbocycles. The van der Waals surface area contributed by atoms with E-state index in [-0.39, 0.29) is 5.91 Å². The number of nitrogens with zero attached hydrogens (tertiary/aromatic N) is 3. The maximum atomic E-state index is 13.8. The Labute approximate surface area is 234 Å². The number of benzene rings is 3. The number of para-hydroxylation sites is 1. The van der Waals surface area contributed by atoms with Gasteiger partial charge in [-0.3, -0.25) is 9.59 Å². The number of ether oxygens (including phenoxy) is 2. The Kier molecular flexibility index (Phi) is 7.39. The molecule has 1 fully saturated rings. The van der Waals surface area contributed by atoms with Crippen LogP contribution in [0.15, 0.2) is 83.4 Å². The van der Waals surface area contributed by atoms with E-state index in [0.29, 0.717) is 38.5 Å². The maximum absolute atomic E-state index is 13.8. The highest BCUT2D eigenvalue weighted by atomic mass is 79.9. The molecule has 0 aromatic heterocycles. The summed E-state index contributed by atoms with van der Waals surface area (Å²) in [5.74, 6) is -0.601. The van der Waals surface area contributed by atoms with Crippen molar-refractivity contribution in [2.24, 2.45) is 5.92 Å². The maximum Gasteiger partial charge on any atom is 0.254 e. The molecule has 198 valence electrons. The van der Waals surface area contributed by atoms with E-state index in [0.717, 1.165) is 0 Å². The Hall–Kier alpha value is -4.17. The number of carbonyl (C=O) groups is 2. The molecule has 2 aliphatic rings. The van der Waals surface area contributed by atoms with E-state index in [1.807, 2.05) is 6.07 Å². The molecule has 3 aromatic rings. The van der Waals surface area contributed by atoms with Crippen LogP contribution in [-0.4, -0.2) is 48.2 Å². The summed E-state index contributed by atoms with van der Waals surface area (Å²) in [6.07, 6.45) is 2.24. The molecule has 5 rings (SSSR count). The number of hydrogen-bond donors (Lipinski definition) is 2. The van der Waals surface area contributed by atoms with Gasteiger partial charge in [-0.05, 0) is 58.4 Å². The van der Waals surface area contributed by atoms with E-state index < -0.39 is 30.0 Å². The van der Waals surface area contributed by atoms with Crippen molar-refractivity contribution in [3.63, 3.8) is 0 Å². The summed E-state index contributed by atoms with van der Waals surface area (Å²) in [4.78, 5) is 28.5. The fraction of sp³-hybridized carbons (Fsp3) is 0.207. The summed E-state index contributed by atoms with van der Waals surface area (Å²) in [6.45, 7) is 0. The molecule has 39 heavy (non-hydrogen) atoms. The zero-order chi connectivity index (χ0) is 27.7. The molecule has 9 nitrogen and oxygen atoms in total. The molecule has 2 N–H and O–H groups in total. The number of methoxy groups -OCH3 is 2. The molecule has 0 bridgehead atoms. The lowest BCUT2D eigenvalue weighted by molar-refractivity contribution is -0.123. The SMILES string of the molecule is COc1cc(OC)c(C(O)C2C=CC3C(=O)N(c4ccccc4)C(=O)C3N2Nc2ccc(C#N)cc2)cc1Br. The Morgan fingerprint density at radius 1 is 0.974 bits per heavy atom. The molecular formula is C29H25BrN4O5. The predicted molar refractivity (Wildman–Crippen MR) is 148 cm³/mol. The first kappa shape index (κ1) is 26.4. The zero-order valence-electron chi connectivity index (χ0n) is 21.1. The second-order valence-corrected chi connectivity index (χ2v) is 9.93. The minimum absolute atomic E-state index is 0.350. The summed E-state index contributed by atoms with van der Waals surface area (Å²) in [5, 5.41) is 22.5. The van der Waals surface area contributed by atoms with Crippen molar-refractivity contribution in [3.8, 4) is 17.6 Å². The van der Waals surface area contributed by atoms with Crippen LogP contribution in [0.5, 0.6) is 11.5 Å². The summed E-state index contributed by atoms with van der Waals surface area (Å²) >= 11 is 3.47. The number of aliphatic hydroxyl groups excluding tert-OH is 1. The number of aliphatic hydroxyl groups is 1. The molecule has 4 unspecified atom stereocenters. The van der Waals surface area contributed by atoms with Crippen LogP contribution in [-0.2, 0) is 9.59 Å². The van der Waals surface area contributed by atoms with Crippen LogP contribution in [0.3, 0.4) is 0 Å². The second kappa shape index (κ2) is 10.9. The third-order valence-corrected chi connectivity index (χ3v) is 7.51. The van der Waals surface area contributed by atoms with E-state index in [9.17, 15) is 20.0 Å². The standard InChI is InChI=1S/C29H25BrN4O5/c1-38-24-15-25(39-2)22(30)14-21(24)27(35)23-13-12-20-26(34(23)32-18-10-8-17(16-31)9-11-18)29(37)33(28(20)36)19-6-4-3-5-7-19/h3-15,20,23,26-27,32,35H,1-2H3. The van der Waals surface area contributed by atoms with Crippen molar-refractivity contribution in [1.29, 1.82) is 5.26 Å². The number of amides is 2. The smallest absolute Gasteiger partial charge is 0.254 e. The van der Waals surface area contributed by atoms with Gasteiger partial charge in [0.25, 0.3) is 5.91 Å². The molecule has 1 saturated heterocycles. The van der Waals surface area contributed by atoms with Crippen LogP contribution in [0.4, 0.5) is 11.4 Å². The number of imide groups is 1. The van der Waals surface area contributed by atoms with Crippen molar-refractivity contribution in [2.45, 2.75) is 18.2 Å². The average Bonchev–Trinajstić information content (AvgIpc) is 3.23. The zero-order valence-corrected chi connectivity index (χ0v) is 22.7. The van der Waals surface area contributed by atoms with Crippen LogP contribution in [0.1, 0.15) is 17.2 Å². The first-order chi connectivity index (χ1) is 18.9. The monoisotopic (exact) mass is 588 g/mol. The Morgan fingerprint density at radius 2 is 1.67 bits per heavy atom. The van der Waals surface area contributed by atoms with Crippen molar-refractivity contribution >= 4 is 39.1 Å². The highest BCUT2D eigenvalue weighted by Gasteiger charge is 2.54. The summed E-state index contributed by atoms with van der Waals surface area (Å²) in [5.41, 5.74) is 5.24. The fourth-order valence-electron chi connectivity index (χ4n) is 4.97. The molecule has 0 spiro atoms. The highest BCUT2D eigenvalue weighted by Crippen LogP contribution is 2.42. The molecule has 0 saturated carbocycles. The van der Waals surface area contributed by atoms with Gasteiger partial charge in [0, 0.05) is 17.3 Å². The van der Waals surface area contributed by atoms with E-state index in [2.05, 4.69) is 27.4 Å². The van der Waals surface area contributed by atoms with Gasteiger partial charge in [-0.25, -0.2) is 9.91 Å². The van der Waals surface area contributed by atoms with Gasteiger partial charge < -0.3 is 20.0 Å². The first-order valence-electron chi connectivity index (χ1n) is 12.1. The van der Waals surface area contributed by atoms with Gasteiger partial charge in [0.1, 0.15) is 23.6 Å². The number of anilines is 2. The minimum atomic E-state index is -1.17. The second-order valence-electron chi connectivity index (χ2n) is 9.08. The van der Waals surface area contributed by atoms with Crippen LogP contribution < -0.4 is 19.8 Å². The lowest BCUT2D eigenvalue weighted by Crippen LogP contribution is -2.55. The number of halogens is 1. The highest BCUT2D eigenvalue weighted by molar-refractivity contribution is 9.10.